The smallest absolute Gasteiger partial charge is 0.357 e. The van der Waals surface area contributed by atoms with Crippen LogP contribution in [0.15, 0.2) is 5.51 Å². The van der Waals surface area contributed by atoms with Crippen LogP contribution in [0.1, 0.15) is 36.2 Å². The number of anilines is 1. The summed E-state index contributed by atoms with van der Waals surface area (Å²) in [5.41, 5.74) is 1.62. The highest BCUT2D eigenvalue weighted by Crippen LogP contribution is 2.21. The van der Waals surface area contributed by atoms with Gasteiger partial charge in [0, 0.05) is 6.54 Å². The third-order valence-electron chi connectivity index (χ3n) is 2.81. The van der Waals surface area contributed by atoms with Gasteiger partial charge < -0.3 is 15.2 Å². The van der Waals surface area contributed by atoms with Gasteiger partial charge in [-0.15, -0.1) is 11.3 Å². The number of thiazole rings is 1. The number of nitrogens with zero attached hydrogens (tertiary/aromatic N) is 1. The molecule has 0 saturated heterocycles. The van der Waals surface area contributed by atoms with Crippen LogP contribution < -0.4 is 5.32 Å². The van der Waals surface area contributed by atoms with Gasteiger partial charge in [0.1, 0.15) is 5.00 Å². The standard InChI is InChI=1S/C11H16N2O3S/c14-11(15)9-10(17-7-13-9)12-5-6-16-8-3-1-2-4-8/h7-8,12H,1-6H2,(H,14,15). The van der Waals surface area contributed by atoms with Gasteiger partial charge in [0.05, 0.1) is 18.2 Å². The maximum atomic E-state index is 10.8. The van der Waals surface area contributed by atoms with Crippen LogP contribution in [0, 0.1) is 0 Å². The fourth-order valence-corrected chi connectivity index (χ4v) is 2.67. The number of aromatic nitrogens is 1. The number of carbonyl (C=O) groups is 1. The van der Waals surface area contributed by atoms with Gasteiger partial charge in [0.15, 0.2) is 5.69 Å². The zero-order valence-corrected chi connectivity index (χ0v) is 10.3. The SMILES string of the molecule is O=C(O)c1ncsc1NCCOC1CCCC1. The van der Waals surface area contributed by atoms with E-state index in [0.717, 1.165) is 12.8 Å². The molecule has 0 amide bonds. The number of carboxylic acids is 1. The molecule has 0 aliphatic heterocycles. The molecule has 0 aromatic carbocycles. The third-order valence-corrected chi connectivity index (χ3v) is 3.60. The fraction of sp³-hybridized carbons (Fsp3) is 0.636. The lowest BCUT2D eigenvalue weighted by Gasteiger charge is -2.11. The predicted octanol–water partition coefficient (Wildman–Crippen LogP) is 2.21. The van der Waals surface area contributed by atoms with E-state index in [9.17, 15) is 4.79 Å². The molecular weight excluding hydrogens is 240 g/mol. The molecule has 1 aliphatic rings. The molecule has 1 heterocycles. The van der Waals surface area contributed by atoms with Gasteiger partial charge in [0.25, 0.3) is 0 Å². The van der Waals surface area contributed by atoms with Gasteiger partial charge >= 0.3 is 5.97 Å². The molecule has 17 heavy (non-hydrogen) atoms. The van der Waals surface area contributed by atoms with E-state index in [4.69, 9.17) is 9.84 Å². The lowest BCUT2D eigenvalue weighted by Crippen LogP contribution is -2.16. The molecule has 0 atom stereocenters. The Labute approximate surface area is 104 Å². The fourth-order valence-electron chi connectivity index (χ4n) is 1.97. The number of carboxylic acid groups (broad SMARTS) is 1. The second-order valence-electron chi connectivity index (χ2n) is 4.04. The molecule has 0 radical (unpaired) electrons. The van der Waals surface area contributed by atoms with Gasteiger partial charge in [0.2, 0.25) is 0 Å². The van der Waals surface area contributed by atoms with E-state index >= 15 is 0 Å². The van der Waals surface area contributed by atoms with Crippen LogP contribution in [0.3, 0.4) is 0 Å². The van der Waals surface area contributed by atoms with Crippen molar-refractivity contribution in [1.29, 1.82) is 0 Å². The average molecular weight is 256 g/mol. The summed E-state index contributed by atoms with van der Waals surface area (Å²) in [5, 5.41) is 12.5. The van der Waals surface area contributed by atoms with Crippen molar-refractivity contribution in [3.05, 3.63) is 11.2 Å². The van der Waals surface area contributed by atoms with E-state index in [1.54, 1.807) is 0 Å². The first-order valence-corrected chi connectivity index (χ1v) is 6.67. The normalized spacial score (nSPS) is 16.2. The molecule has 2 rings (SSSR count). The Balaban J connectivity index is 1.70. The molecule has 0 bridgehead atoms. The van der Waals surface area contributed by atoms with Crippen molar-refractivity contribution in [1.82, 2.24) is 4.98 Å². The van der Waals surface area contributed by atoms with Crippen LogP contribution in [0.5, 0.6) is 0 Å². The molecule has 1 saturated carbocycles. The maximum absolute atomic E-state index is 10.8. The number of hydrogen-bond donors (Lipinski definition) is 2. The quantitative estimate of drug-likeness (QED) is 0.763. The Morgan fingerprint density at radius 1 is 1.59 bits per heavy atom. The average Bonchev–Trinajstić information content (AvgIpc) is 2.95. The maximum Gasteiger partial charge on any atom is 0.357 e. The molecule has 6 heteroatoms. The van der Waals surface area contributed by atoms with Gasteiger partial charge in [-0.2, -0.15) is 0 Å². The predicted molar refractivity (Wildman–Crippen MR) is 65.8 cm³/mol. The zero-order valence-electron chi connectivity index (χ0n) is 9.52. The Kier molecular flexibility index (Phi) is 4.33. The van der Waals surface area contributed by atoms with Crippen LogP contribution in [0.4, 0.5) is 5.00 Å². The number of rotatable bonds is 6. The highest BCUT2D eigenvalue weighted by atomic mass is 32.1. The minimum absolute atomic E-state index is 0.0934. The van der Waals surface area contributed by atoms with Crippen molar-refractivity contribution >= 4 is 22.3 Å². The Morgan fingerprint density at radius 2 is 2.35 bits per heavy atom. The van der Waals surface area contributed by atoms with Crippen LogP contribution in [-0.4, -0.2) is 35.3 Å². The summed E-state index contributed by atoms with van der Waals surface area (Å²) in [6, 6.07) is 0. The van der Waals surface area contributed by atoms with E-state index in [1.807, 2.05) is 0 Å². The van der Waals surface area contributed by atoms with E-state index in [1.165, 1.54) is 29.7 Å². The molecular formula is C11H16N2O3S. The summed E-state index contributed by atoms with van der Waals surface area (Å²) in [4.78, 5) is 14.6. The Morgan fingerprint density at radius 3 is 3.06 bits per heavy atom. The van der Waals surface area contributed by atoms with Crippen LogP contribution >= 0.6 is 11.3 Å². The summed E-state index contributed by atoms with van der Waals surface area (Å²) >= 11 is 1.30. The lowest BCUT2D eigenvalue weighted by molar-refractivity contribution is 0.0655. The Hall–Kier alpha value is -1.14. The summed E-state index contributed by atoms with van der Waals surface area (Å²) in [6.45, 7) is 1.24. The van der Waals surface area contributed by atoms with Crippen molar-refractivity contribution in [3.8, 4) is 0 Å². The molecule has 94 valence electrons. The molecule has 1 aromatic rings. The van der Waals surface area contributed by atoms with Crippen molar-refractivity contribution in [2.24, 2.45) is 0 Å². The highest BCUT2D eigenvalue weighted by molar-refractivity contribution is 7.14. The Bertz CT molecular complexity index is 375. The molecule has 1 aromatic heterocycles. The monoisotopic (exact) mass is 256 g/mol. The zero-order chi connectivity index (χ0) is 12.1. The molecule has 2 N–H and O–H groups in total. The van der Waals surface area contributed by atoms with Gasteiger partial charge in [-0.1, -0.05) is 12.8 Å². The number of ether oxygens (including phenoxy) is 1. The number of nitrogens with one attached hydrogen (secondary N) is 1. The van der Waals surface area contributed by atoms with Crippen molar-refractivity contribution in [3.63, 3.8) is 0 Å². The number of hydrogen-bond acceptors (Lipinski definition) is 5. The van der Waals surface area contributed by atoms with Crippen molar-refractivity contribution in [2.75, 3.05) is 18.5 Å². The summed E-state index contributed by atoms with van der Waals surface area (Å²) in [7, 11) is 0. The first-order valence-electron chi connectivity index (χ1n) is 5.79. The first kappa shape index (κ1) is 12.3. The summed E-state index contributed by atoms with van der Waals surface area (Å²) < 4.78 is 5.68. The van der Waals surface area contributed by atoms with E-state index < -0.39 is 5.97 Å². The molecule has 1 aliphatic carbocycles. The van der Waals surface area contributed by atoms with Crippen LogP contribution in [0.25, 0.3) is 0 Å². The summed E-state index contributed by atoms with van der Waals surface area (Å²) in [5.74, 6) is -0.995. The van der Waals surface area contributed by atoms with Crippen molar-refractivity contribution < 1.29 is 14.6 Å². The van der Waals surface area contributed by atoms with Crippen molar-refractivity contribution in [2.45, 2.75) is 31.8 Å². The topological polar surface area (TPSA) is 71.5 Å². The van der Waals surface area contributed by atoms with E-state index in [2.05, 4.69) is 10.3 Å². The van der Waals surface area contributed by atoms with Crippen LogP contribution in [0.2, 0.25) is 0 Å². The molecule has 0 unspecified atom stereocenters. The summed E-state index contributed by atoms with van der Waals surface area (Å²) in [6.07, 6.45) is 5.23. The second kappa shape index (κ2) is 5.97. The minimum atomic E-state index is -0.995. The first-order chi connectivity index (χ1) is 8.27. The molecule has 5 nitrogen and oxygen atoms in total. The molecule has 0 spiro atoms. The van der Waals surface area contributed by atoms with Gasteiger partial charge in [-0.05, 0) is 12.8 Å². The van der Waals surface area contributed by atoms with Gasteiger partial charge in [-0.3, -0.25) is 0 Å². The minimum Gasteiger partial charge on any atom is -0.476 e. The van der Waals surface area contributed by atoms with Crippen LogP contribution in [-0.2, 0) is 4.74 Å². The van der Waals surface area contributed by atoms with Gasteiger partial charge in [-0.25, -0.2) is 9.78 Å². The highest BCUT2D eigenvalue weighted by Gasteiger charge is 2.15. The second-order valence-corrected chi connectivity index (χ2v) is 4.89. The largest absolute Gasteiger partial charge is 0.476 e. The third kappa shape index (κ3) is 3.41. The van der Waals surface area contributed by atoms with E-state index in [-0.39, 0.29) is 5.69 Å². The number of aromatic carboxylic acids is 1. The van der Waals surface area contributed by atoms with E-state index in [0.29, 0.717) is 24.3 Å². The molecule has 1 fully saturated rings. The lowest BCUT2D eigenvalue weighted by atomic mass is 10.3.